The lowest BCUT2D eigenvalue weighted by Crippen LogP contribution is -2.87. The molecule has 0 saturated heterocycles. The molecule has 0 aliphatic rings. The molecule has 0 heterocycles. The highest BCUT2D eigenvalue weighted by Crippen LogP contribution is 2.22. The first kappa shape index (κ1) is 20.1. The van der Waals surface area contributed by atoms with E-state index in [1.807, 2.05) is 86.6 Å². The molecule has 3 aromatic carbocycles. The Balaban J connectivity index is 1.88. The zero-order chi connectivity index (χ0) is 20.1. The average Bonchev–Trinajstić information content (AvgIpc) is 2.69. The van der Waals surface area contributed by atoms with Crippen LogP contribution in [0, 0.1) is 13.8 Å². The standard InChI is InChI=1S/C24H25ClN2O/c1-16-13-14-17(2)22(15-16)27-24(28)23(19-9-5-4-6-10-19)26-18(3)20-11-7-8-12-21(20)25/h4-15,18,23,26H,1-3H3,(H,27,28)/p+1/t18-,23-/m1/s1. The Morgan fingerprint density at radius 2 is 1.64 bits per heavy atom. The fraction of sp³-hybridized carbons (Fsp3) is 0.208. The number of halogens is 1. The van der Waals surface area contributed by atoms with Crippen LogP contribution in [0.1, 0.15) is 41.3 Å². The van der Waals surface area contributed by atoms with Crippen LogP contribution in [0.2, 0.25) is 5.02 Å². The zero-order valence-electron chi connectivity index (χ0n) is 16.4. The second-order valence-electron chi connectivity index (χ2n) is 7.20. The molecule has 1 amide bonds. The second kappa shape index (κ2) is 9.05. The molecule has 0 spiro atoms. The molecule has 0 aromatic heterocycles. The highest BCUT2D eigenvalue weighted by atomic mass is 35.5. The molecule has 0 aliphatic carbocycles. The van der Waals surface area contributed by atoms with Gasteiger partial charge in [-0.1, -0.05) is 72.3 Å². The molecule has 4 heteroatoms. The molecule has 0 bridgehead atoms. The van der Waals surface area contributed by atoms with Crippen LogP contribution >= 0.6 is 11.6 Å². The Bertz CT molecular complexity index is 956. The summed E-state index contributed by atoms with van der Waals surface area (Å²) < 4.78 is 0. The summed E-state index contributed by atoms with van der Waals surface area (Å²) in [7, 11) is 0. The van der Waals surface area contributed by atoms with Crippen LogP contribution < -0.4 is 10.6 Å². The van der Waals surface area contributed by atoms with Gasteiger partial charge in [0.05, 0.1) is 0 Å². The number of amides is 1. The van der Waals surface area contributed by atoms with Gasteiger partial charge in [0, 0.05) is 21.8 Å². The summed E-state index contributed by atoms with van der Waals surface area (Å²) in [6.45, 7) is 6.10. The highest BCUT2D eigenvalue weighted by Gasteiger charge is 2.28. The van der Waals surface area contributed by atoms with Gasteiger partial charge in [0.25, 0.3) is 5.91 Å². The second-order valence-corrected chi connectivity index (χ2v) is 7.61. The first-order valence-corrected chi connectivity index (χ1v) is 9.86. The average molecular weight is 394 g/mol. The summed E-state index contributed by atoms with van der Waals surface area (Å²) in [5, 5.41) is 5.90. The number of aryl methyl sites for hydroxylation is 2. The molecule has 0 radical (unpaired) electrons. The van der Waals surface area contributed by atoms with Crippen molar-refractivity contribution in [1.82, 2.24) is 0 Å². The molecule has 3 rings (SSSR count). The number of benzene rings is 3. The monoisotopic (exact) mass is 393 g/mol. The predicted molar refractivity (Wildman–Crippen MR) is 116 cm³/mol. The Labute approximate surface area is 171 Å². The SMILES string of the molecule is Cc1ccc(C)c(NC(=O)[C@H]([NH2+][C@H](C)c2ccccc2Cl)c2ccccc2)c1. The Hall–Kier alpha value is -2.62. The van der Waals surface area contributed by atoms with Crippen LogP contribution in [0.5, 0.6) is 0 Å². The lowest BCUT2D eigenvalue weighted by Gasteiger charge is -2.21. The van der Waals surface area contributed by atoms with Gasteiger partial charge in [-0.2, -0.15) is 0 Å². The number of rotatable bonds is 6. The Morgan fingerprint density at radius 1 is 0.964 bits per heavy atom. The topological polar surface area (TPSA) is 45.7 Å². The van der Waals surface area contributed by atoms with Crippen LogP contribution in [0.4, 0.5) is 5.69 Å². The van der Waals surface area contributed by atoms with Gasteiger partial charge >= 0.3 is 0 Å². The maximum atomic E-state index is 13.3. The minimum atomic E-state index is -0.382. The molecule has 3 N–H and O–H groups in total. The number of hydrogen-bond donors (Lipinski definition) is 2. The molecule has 28 heavy (non-hydrogen) atoms. The van der Waals surface area contributed by atoms with Crippen molar-refractivity contribution >= 4 is 23.2 Å². The van der Waals surface area contributed by atoms with Gasteiger partial charge < -0.3 is 10.6 Å². The highest BCUT2D eigenvalue weighted by molar-refractivity contribution is 6.31. The van der Waals surface area contributed by atoms with Crippen molar-refractivity contribution in [3.63, 3.8) is 0 Å². The summed E-state index contributed by atoms with van der Waals surface area (Å²) >= 11 is 6.38. The van der Waals surface area contributed by atoms with Gasteiger partial charge in [0.2, 0.25) is 0 Å². The molecule has 0 fully saturated rings. The molecular weight excluding hydrogens is 368 g/mol. The summed E-state index contributed by atoms with van der Waals surface area (Å²) in [5.74, 6) is -0.0428. The van der Waals surface area contributed by atoms with E-state index >= 15 is 0 Å². The molecule has 3 aromatic rings. The van der Waals surface area contributed by atoms with Gasteiger partial charge in [-0.15, -0.1) is 0 Å². The summed E-state index contributed by atoms with van der Waals surface area (Å²) in [6, 6.07) is 23.4. The lowest BCUT2D eigenvalue weighted by molar-refractivity contribution is -0.718. The third-order valence-electron chi connectivity index (χ3n) is 4.97. The predicted octanol–water partition coefficient (Wildman–Crippen LogP) is 4.96. The van der Waals surface area contributed by atoms with Crippen molar-refractivity contribution < 1.29 is 10.1 Å². The number of nitrogens with one attached hydrogen (secondary N) is 1. The van der Waals surface area contributed by atoms with E-state index in [1.54, 1.807) is 0 Å². The molecule has 0 saturated carbocycles. The number of anilines is 1. The summed E-state index contributed by atoms with van der Waals surface area (Å²) in [4.78, 5) is 13.3. The maximum absolute atomic E-state index is 13.3. The van der Waals surface area contributed by atoms with Crippen molar-refractivity contribution in [3.8, 4) is 0 Å². The van der Waals surface area contributed by atoms with Crippen molar-refractivity contribution in [2.24, 2.45) is 0 Å². The van der Waals surface area contributed by atoms with Crippen LogP contribution in [0.25, 0.3) is 0 Å². The van der Waals surface area contributed by atoms with Gasteiger partial charge in [-0.25, -0.2) is 0 Å². The van der Waals surface area contributed by atoms with E-state index in [4.69, 9.17) is 11.6 Å². The third kappa shape index (κ3) is 4.80. The Kier molecular flexibility index (Phi) is 6.50. The first-order valence-electron chi connectivity index (χ1n) is 9.48. The Morgan fingerprint density at radius 3 is 2.36 bits per heavy atom. The van der Waals surface area contributed by atoms with Crippen molar-refractivity contribution in [3.05, 3.63) is 100 Å². The molecule has 3 nitrogen and oxygen atoms in total. The fourth-order valence-electron chi connectivity index (χ4n) is 3.33. The number of quaternary nitrogens is 1. The number of carbonyl (C=O) groups is 1. The minimum absolute atomic E-state index is 0.0308. The van der Waals surface area contributed by atoms with E-state index in [0.29, 0.717) is 5.02 Å². The van der Waals surface area contributed by atoms with Gasteiger partial charge in [0.1, 0.15) is 6.04 Å². The van der Waals surface area contributed by atoms with Gasteiger partial charge in [-0.3, -0.25) is 4.79 Å². The quantitative estimate of drug-likeness (QED) is 0.610. The van der Waals surface area contributed by atoms with Gasteiger partial charge in [-0.05, 0) is 44.0 Å². The minimum Gasteiger partial charge on any atom is -0.326 e. The first-order chi connectivity index (χ1) is 13.5. The molecule has 0 aliphatic heterocycles. The largest absolute Gasteiger partial charge is 0.326 e. The molecule has 144 valence electrons. The fourth-order valence-corrected chi connectivity index (χ4v) is 3.64. The molecule has 2 atom stereocenters. The maximum Gasteiger partial charge on any atom is 0.287 e. The van der Waals surface area contributed by atoms with E-state index in [2.05, 4.69) is 17.6 Å². The third-order valence-corrected chi connectivity index (χ3v) is 5.31. The smallest absolute Gasteiger partial charge is 0.287 e. The molecule has 0 unspecified atom stereocenters. The van der Waals surface area contributed by atoms with E-state index in [1.165, 1.54) is 0 Å². The number of carbonyl (C=O) groups excluding carboxylic acids is 1. The normalized spacial score (nSPS) is 13.0. The number of nitrogens with two attached hydrogens (primary N) is 1. The van der Waals surface area contributed by atoms with Crippen LogP contribution in [0.15, 0.2) is 72.8 Å². The van der Waals surface area contributed by atoms with Crippen molar-refractivity contribution in [1.29, 1.82) is 0 Å². The summed E-state index contributed by atoms with van der Waals surface area (Å²) in [6.07, 6.45) is 0. The van der Waals surface area contributed by atoms with E-state index < -0.39 is 0 Å². The van der Waals surface area contributed by atoms with Gasteiger partial charge in [0.15, 0.2) is 6.04 Å². The van der Waals surface area contributed by atoms with Crippen LogP contribution in [-0.2, 0) is 4.79 Å². The molecular formula is C24H26ClN2O+. The zero-order valence-corrected chi connectivity index (χ0v) is 17.2. The van der Waals surface area contributed by atoms with Crippen LogP contribution in [0.3, 0.4) is 0 Å². The van der Waals surface area contributed by atoms with Crippen molar-refractivity contribution in [2.75, 3.05) is 5.32 Å². The van der Waals surface area contributed by atoms with E-state index in [-0.39, 0.29) is 18.0 Å². The summed E-state index contributed by atoms with van der Waals surface area (Å²) in [5.41, 5.74) is 4.99. The van der Waals surface area contributed by atoms with E-state index in [9.17, 15) is 4.79 Å². The lowest BCUT2D eigenvalue weighted by atomic mass is 10.0. The van der Waals surface area contributed by atoms with Crippen molar-refractivity contribution in [2.45, 2.75) is 32.9 Å². The van der Waals surface area contributed by atoms with E-state index in [0.717, 1.165) is 27.9 Å². The van der Waals surface area contributed by atoms with Crippen LogP contribution in [-0.4, -0.2) is 5.91 Å². The number of hydrogen-bond acceptors (Lipinski definition) is 1.